The molecule has 1 aromatic rings. The number of nitrogens with two attached hydrogens (primary N) is 1. The molecule has 0 fully saturated rings. The molecule has 1 heterocycles. The summed E-state index contributed by atoms with van der Waals surface area (Å²) in [4.78, 5) is 3.84. The highest BCUT2D eigenvalue weighted by molar-refractivity contribution is 7.80. The highest BCUT2D eigenvalue weighted by atomic mass is 32.1. The van der Waals surface area contributed by atoms with Crippen LogP contribution in [0.25, 0.3) is 0 Å². The second kappa shape index (κ2) is 5.20. The molecule has 0 aliphatic carbocycles. The van der Waals surface area contributed by atoms with Crippen molar-refractivity contribution < 1.29 is 14.9 Å². The van der Waals surface area contributed by atoms with Crippen LogP contribution in [0, 0.1) is 0 Å². The van der Waals surface area contributed by atoms with Gasteiger partial charge < -0.3 is 20.7 Å². The molecule has 0 aromatic carbocycles. The van der Waals surface area contributed by atoms with E-state index in [1.165, 1.54) is 13.3 Å². The number of anilines is 1. The molecule has 0 saturated heterocycles. The fraction of sp³-hybridized carbons (Fsp3) is 0.444. The van der Waals surface area contributed by atoms with E-state index in [1.54, 1.807) is 6.07 Å². The molecule has 0 aliphatic rings. The maximum absolute atomic E-state index is 9.66. The monoisotopic (exact) mass is 230 g/mol. The largest absolute Gasteiger partial charge is 0.493 e. The minimum atomic E-state index is -1.04. The van der Waals surface area contributed by atoms with Crippen molar-refractivity contribution in [2.24, 2.45) is 0 Å². The van der Waals surface area contributed by atoms with Crippen LogP contribution in [-0.4, -0.2) is 34.2 Å². The molecule has 6 heteroatoms. The summed E-state index contributed by atoms with van der Waals surface area (Å²) in [5, 5.41) is 19.1. The summed E-state index contributed by atoms with van der Waals surface area (Å²) in [5.74, 6) is 0.778. The van der Waals surface area contributed by atoms with Crippen LogP contribution in [0.2, 0.25) is 0 Å². The number of nitrogens with zero attached hydrogens (tertiary/aromatic N) is 1. The summed E-state index contributed by atoms with van der Waals surface area (Å²) < 4.78 is 4.95. The molecule has 0 aliphatic heterocycles. The van der Waals surface area contributed by atoms with Gasteiger partial charge in [0.1, 0.15) is 6.10 Å². The molecule has 1 rings (SSSR count). The Bertz CT molecular complexity index is 335. The normalized spacial score (nSPS) is 14.7. The molecule has 15 heavy (non-hydrogen) atoms. The highest BCUT2D eigenvalue weighted by Gasteiger charge is 2.18. The van der Waals surface area contributed by atoms with Gasteiger partial charge in [-0.1, -0.05) is 0 Å². The second-order valence-electron chi connectivity index (χ2n) is 3.05. The van der Waals surface area contributed by atoms with Crippen molar-refractivity contribution in [3.63, 3.8) is 0 Å². The summed E-state index contributed by atoms with van der Waals surface area (Å²) in [6.45, 7) is 0. The van der Waals surface area contributed by atoms with Gasteiger partial charge in [-0.15, -0.1) is 0 Å². The zero-order valence-electron chi connectivity index (χ0n) is 8.29. The number of hydrogen-bond donors (Lipinski definition) is 4. The lowest BCUT2D eigenvalue weighted by Gasteiger charge is -2.16. The van der Waals surface area contributed by atoms with Gasteiger partial charge in [0, 0.05) is 17.5 Å². The van der Waals surface area contributed by atoms with Crippen LogP contribution >= 0.6 is 12.6 Å². The molecular formula is C9H14N2O3S. The zero-order chi connectivity index (χ0) is 11.4. The van der Waals surface area contributed by atoms with Gasteiger partial charge in [0.2, 0.25) is 0 Å². The van der Waals surface area contributed by atoms with Crippen molar-refractivity contribution in [2.75, 3.05) is 18.6 Å². The quantitative estimate of drug-likeness (QED) is 0.547. The number of thiol groups is 1. The number of aliphatic hydroxyl groups is 2. The Morgan fingerprint density at radius 2 is 2.27 bits per heavy atom. The first-order chi connectivity index (χ1) is 7.10. The standard InChI is InChI=1S/C9H14N2O3S/c1-14-7-2-5(3-11-9(7)10)8(13)6(12)4-15/h2-3,6,8,12-13,15H,4H2,1H3,(H2,10,11). The Kier molecular flexibility index (Phi) is 4.19. The molecule has 0 spiro atoms. The van der Waals surface area contributed by atoms with E-state index in [2.05, 4.69) is 17.6 Å². The van der Waals surface area contributed by atoms with Crippen LogP contribution < -0.4 is 10.5 Å². The summed E-state index contributed by atoms with van der Waals surface area (Å²) in [6.07, 6.45) is -0.581. The Hall–Kier alpha value is -0.980. The van der Waals surface area contributed by atoms with Crippen LogP contribution in [0.3, 0.4) is 0 Å². The maximum atomic E-state index is 9.66. The van der Waals surface area contributed by atoms with E-state index in [9.17, 15) is 10.2 Å². The van der Waals surface area contributed by atoms with Gasteiger partial charge in [-0.3, -0.25) is 0 Å². The first kappa shape index (κ1) is 12.1. The van der Waals surface area contributed by atoms with Crippen molar-refractivity contribution in [1.82, 2.24) is 4.98 Å². The predicted octanol–water partition coefficient (Wildman–Crippen LogP) is -0.00350. The number of rotatable bonds is 4. The van der Waals surface area contributed by atoms with Gasteiger partial charge in [0.05, 0.1) is 13.2 Å². The van der Waals surface area contributed by atoms with E-state index >= 15 is 0 Å². The Labute approximate surface area is 93.3 Å². The topological polar surface area (TPSA) is 88.6 Å². The Balaban J connectivity index is 2.95. The molecule has 2 unspecified atom stereocenters. The van der Waals surface area contributed by atoms with Crippen molar-refractivity contribution in [2.45, 2.75) is 12.2 Å². The number of methoxy groups -OCH3 is 1. The Morgan fingerprint density at radius 1 is 1.60 bits per heavy atom. The molecule has 0 bridgehead atoms. The van der Waals surface area contributed by atoms with Gasteiger partial charge in [0.25, 0.3) is 0 Å². The van der Waals surface area contributed by atoms with Crippen LogP contribution in [-0.2, 0) is 0 Å². The van der Waals surface area contributed by atoms with Crippen LogP contribution in [0.5, 0.6) is 5.75 Å². The lowest BCUT2D eigenvalue weighted by molar-refractivity contribution is 0.0334. The third-order valence-corrected chi connectivity index (χ3v) is 2.39. The smallest absolute Gasteiger partial charge is 0.166 e. The third kappa shape index (κ3) is 2.74. The molecule has 2 atom stereocenters. The molecule has 0 saturated carbocycles. The molecule has 0 radical (unpaired) electrons. The average Bonchev–Trinajstić information content (AvgIpc) is 2.27. The first-order valence-electron chi connectivity index (χ1n) is 4.36. The van der Waals surface area contributed by atoms with Gasteiger partial charge in [0.15, 0.2) is 11.6 Å². The number of pyridine rings is 1. The molecule has 5 nitrogen and oxygen atoms in total. The van der Waals surface area contributed by atoms with Crippen molar-refractivity contribution >= 4 is 18.4 Å². The summed E-state index contributed by atoms with van der Waals surface area (Å²) in [7, 11) is 1.46. The van der Waals surface area contributed by atoms with Crippen LogP contribution in [0.4, 0.5) is 5.82 Å². The molecule has 4 N–H and O–H groups in total. The minimum Gasteiger partial charge on any atom is -0.493 e. The Morgan fingerprint density at radius 3 is 2.80 bits per heavy atom. The van der Waals surface area contributed by atoms with E-state index in [0.717, 1.165) is 0 Å². The predicted molar refractivity (Wildman–Crippen MR) is 60.0 cm³/mol. The SMILES string of the molecule is COc1cc(C(O)C(O)CS)cnc1N. The van der Waals surface area contributed by atoms with Crippen molar-refractivity contribution in [3.05, 3.63) is 17.8 Å². The number of ether oxygens (including phenoxy) is 1. The summed E-state index contributed by atoms with van der Waals surface area (Å²) >= 11 is 3.89. The summed E-state index contributed by atoms with van der Waals surface area (Å²) in [5.41, 5.74) is 5.96. The minimum absolute atomic E-state index is 0.161. The van der Waals surface area contributed by atoms with Gasteiger partial charge in [-0.25, -0.2) is 4.98 Å². The van der Waals surface area contributed by atoms with Gasteiger partial charge in [-0.2, -0.15) is 12.6 Å². The van der Waals surface area contributed by atoms with E-state index < -0.39 is 12.2 Å². The van der Waals surface area contributed by atoms with Gasteiger partial charge >= 0.3 is 0 Å². The van der Waals surface area contributed by atoms with E-state index in [0.29, 0.717) is 11.3 Å². The van der Waals surface area contributed by atoms with Gasteiger partial charge in [-0.05, 0) is 6.07 Å². The first-order valence-corrected chi connectivity index (χ1v) is 4.99. The number of aliphatic hydroxyl groups excluding tert-OH is 2. The number of hydrogen-bond acceptors (Lipinski definition) is 6. The molecular weight excluding hydrogens is 216 g/mol. The van der Waals surface area contributed by atoms with Crippen molar-refractivity contribution in [3.8, 4) is 5.75 Å². The van der Waals surface area contributed by atoms with Crippen LogP contribution in [0.15, 0.2) is 12.3 Å². The lowest BCUT2D eigenvalue weighted by atomic mass is 10.1. The van der Waals surface area contributed by atoms with Crippen molar-refractivity contribution in [1.29, 1.82) is 0 Å². The zero-order valence-corrected chi connectivity index (χ0v) is 9.19. The lowest BCUT2D eigenvalue weighted by Crippen LogP contribution is -2.20. The highest BCUT2D eigenvalue weighted by Crippen LogP contribution is 2.25. The fourth-order valence-electron chi connectivity index (χ4n) is 1.12. The second-order valence-corrected chi connectivity index (χ2v) is 3.42. The third-order valence-electron chi connectivity index (χ3n) is 2.02. The molecule has 84 valence electrons. The van der Waals surface area contributed by atoms with E-state index in [-0.39, 0.29) is 11.6 Å². The number of aromatic nitrogens is 1. The molecule has 1 aromatic heterocycles. The average molecular weight is 230 g/mol. The van der Waals surface area contributed by atoms with E-state index in [1.807, 2.05) is 0 Å². The van der Waals surface area contributed by atoms with E-state index in [4.69, 9.17) is 10.5 Å². The number of nitrogen functional groups attached to an aromatic ring is 1. The fourth-order valence-corrected chi connectivity index (χ4v) is 1.32. The maximum Gasteiger partial charge on any atom is 0.166 e. The van der Waals surface area contributed by atoms with Crippen LogP contribution in [0.1, 0.15) is 11.7 Å². The summed E-state index contributed by atoms with van der Waals surface area (Å²) in [6, 6.07) is 1.54. The molecule has 0 amide bonds.